The largest absolute Gasteiger partial charge is 0.497 e. The lowest BCUT2D eigenvalue weighted by Crippen LogP contribution is -2.38. The maximum absolute atomic E-state index is 10.3. The molecule has 2 radical (unpaired) electrons. The van der Waals surface area contributed by atoms with Crippen molar-refractivity contribution in [1.82, 2.24) is 0 Å². The lowest BCUT2D eigenvalue weighted by atomic mass is 9.80. The Hall–Kier alpha value is -2.60. The molecule has 1 N–H and O–H groups in total. The Labute approximate surface area is 178 Å². The molecule has 3 aromatic carbocycles. The third-order valence-corrected chi connectivity index (χ3v) is 5.57. The van der Waals surface area contributed by atoms with Crippen LogP contribution in [0.5, 0.6) is 5.75 Å². The molecule has 4 nitrogen and oxygen atoms in total. The van der Waals surface area contributed by atoms with Gasteiger partial charge in [0.15, 0.2) is 0 Å². The standard InChI is InChI=1S/C25H25BO4/c1-28-21-14-12-20(13-15-21)25(18-8-4-2-5-9-18,19-10-6-3-7-11-19)29-17-23-22(27)16-24(26)30-23/h2-15,22-24,27H,16-17H2,1H3/t22?,23-,24-/m1/s1. The fraction of sp³-hybridized carbons (Fsp3) is 0.280. The lowest BCUT2D eigenvalue weighted by molar-refractivity contribution is -0.0737. The highest BCUT2D eigenvalue weighted by molar-refractivity contribution is 6.11. The predicted molar refractivity (Wildman–Crippen MR) is 117 cm³/mol. The molecule has 0 amide bonds. The Morgan fingerprint density at radius 1 is 0.900 bits per heavy atom. The minimum absolute atomic E-state index is 0.199. The summed E-state index contributed by atoms with van der Waals surface area (Å²) < 4.78 is 17.7. The molecular weight excluding hydrogens is 375 g/mol. The van der Waals surface area contributed by atoms with E-state index in [2.05, 4.69) is 24.3 Å². The molecule has 0 aliphatic carbocycles. The normalized spacial score (nSPS) is 21.5. The molecule has 5 heteroatoms. The zero-order chi connectivity index (χ0) is 21.0. The monoisotopic (exact) mass is 400 g/mol. The quantitative estimate of drug-likeness (QED) is 0.486. The Bertz CT molecular complexity index is 891. The van der Waals surface area contributed by atoms with Crippen LogP contribution >= 0.6 is 0 Å². The molecule has 4 rings (SSSR count). The van der Waals surface area contributed by atoms with E-state index in [1.807, 2.05) is 60.7 Å². The maximum Gasteiger partial charge on any atom is 0.143 e. The van der Waals surface area contributed by atoms with Gasteiger partial charge in [0, 0.05) is 6.00 Å². The zero-order valence-corrected chi connectivity index (χ0v) is 17.0. The fourth-order valence-electron chi connectivity index (χ4n) is 4.04. The summed E-state index contributed by atoms with van der Waals surface area (Å²) in [5.74, 6) is 0.772. The summed E-state index contributed by atoms with van der Waals surface area (Å²) in [5, 5.41) is 10.3. The van der Waals surface area contributed by atoms with E-state index >= 15 is 0 Å². The first-order valence-corrected chi connectivity index (χ1v) is 10.1. The highest BCUT2D eigenvalue weighted by Crippen LogP contribution is 2.41. The molecular formula is C25H25BO4. The first kappa shape index (κ1) is 20.7. The first-order chi connectivity index (χ1) is 14.6. The van der Waals surface area contributed by atoms with E-state index in [9.17, 15) is 5.11 Å². The average molecular weight is 400 g/mol. The zero-order valence-electron chi connectivity index (χ0n) is 17.0. The van der Waals surface area contributed by atoms with E-state index in [-0.39, 0.29) is 6.61 Å². The van der Waals surface area contributed by atoms with Crippen LogP contribution in [0.3, 0.4) is 0 Å². The van der Waals surface area contributed by atoms with Gasteiger partial charge in [-0.15, -0.1) is 0 Å². The molecule has 0 saturated carbocycles. The van der Waals surface area contributed by atoms with Crippen molar-refractivity contribution in [3.8, 4) is 5.75 Å². The molecule has 1 heterocycles. The second kappa shape index (κ2) is 9.05. The molecule has 30 heavy (non-hydrogen) atoms. The average Bonchev–Trinajstić information content (AvgIpc) is 3.13. The summed E-state index contributed by atoms with van der Waals surface area (Å²) in [6, 6.07) is 27.6. The van der Waals surface area contributed by atoms with Gasteiger partial charge < -0.3 is 19.3 Å². The Morgan fingerprint density at radius 3 is 1.90 bits per heavy atom. The minimum Gasteiger partial charge on any atom is -0.497 e. The number of rotatable bonds is 7. The van der Waals surface area contributed by atoms with Gasteiger partial charge in [0.2, 0.25) is 0 Å². The van der Waals surface area contributed by atoms with Gasteiger partial charge in [-0.2, -0.15) is 0 Å². The molecule has 1 fully saturated rings. The summed E-state index contributed by atoms with van der Waals surface area (Å²) in [5.41, 5.74) is 2.04. The third kappa shape index (κ3) is 4.01. The maximum atomic E-state index is 10.3. The van der Waals surface area contributed by atoms with Crippen LogP contribution in [0.15, 0.2) is 84.9 Å². The van der Waals surface area contributed by atoms with Crippen molar-refractivity contribution >= 4 is 7.85 Å². The molecule has 1 aliphatic heterocycles. The van der Waals surface area contributed by atoms with Gasteiger partial charge in [-0.3, -0.25) is 0 Å². The molecule has 152 valence electrons. The van der Waals surface area contributed by atoms with Gasteiger partial charge in [-0.25, -0.2) is 0 Å². The highest BCUT2D eigenvalue weighted by Gasteiger charge is 2.40. The minimum atomic E-state index is -0.884. The summed E-state index contributed by atoms with van der Waals surface area (Å²) >= 11 is 0. The number of hydrogen-bond donors (Lipinski definition) is 1. The van der Waals surface area contributed by atoms with E-state index < -0.39 is 23.8 Å². The van der Waals surface area contributed by atoms with Crippen LogP contribution in [-0.2, 0) is 15.1 Å². The molecule has 0 bridgehead atoms. The van der Waals surface area contributed by atoms with Crippen molar-refractivity contribution in [2.45, 2.75) is 30.2 Å². The molecule has 1 aliphatic rings. The summed E-state index contributed by atoms with van der Waals surface area (Å²) in [7, 11) is 7.52. The summed E-state index contributed by atoms with van der Waals surface area (Å²) in [6.07, 6.45) is -0.731. The summed E-state index contributed by atoms with van der Waals surface area (Å²) in [6.45, 7) is 0.199. The van der Waals surface area contributed by atoms with Crippen LogP contribution in [0, 0.1) is 0 Å². The van der Waals surface area contributed by atoms with Gasteiger partial charge in [-0.05, 0) is 35.2 Å². The van der Waals surface area contributed by atoms with Crippen molar-refractivity contribution < 1.29 is 19.3 Å². The number of benzene rings is 3. The Balaban J connectivity index is 1.82. The Kier molecular flexibility index (Phi) is 6.23. The Morgan fingerprint density at radius 2 is 1.43 bits per heavy atom. The van der Waals surface area contributed by atoms with Gasteiger partial charge in [0.1, 0.15) is 25.3 Å². The van der Waals surface area contributed by atoms with Crippen LogP contribution in [0.2, 0.25) is 0 Å². The summed E-state index contributed by atoms with van der Waals surface area (Å²) in [4.78, 5) is 0. The number of aliphatic hydroxyl groups excluding tert-OH is 1. The van der Waals surface area contributed by atoms with Crippen molar-refractivity contribution in [2.24, 2.45) is 0 Å². The number of ether oxygens (including phenoxy) is 3. The van der Waals surface area contributed by atoms with Crippen LogP contribution in [0.25, 0.3) is 0 Å². The topological polar surface area (TPSA) is 47.9 Å². The van der Waals surface area contributed by atoms with Gasteiger partial charge >= 0.3 is 0 Å². The van der Waals surface area contributed by atoms with E-state index in [0.717, 1.165) is 22.4 Å². The molecule has 0 spiro atoms. The number of hydrogen-bond acceptors (Lipinski definition) is 4. The number of methoxy groups -OCH3 is 1. The van der Waals surface area contributed by atoms with Crippen molar-refractivity contribution in [2.75, 3.05) is 13.7 Å². The predicted octanol–water partition coefficient (Wildman–Crippen LogP) is 3.65. The highest BCUT2D eigenvalue weighted by atomic mass is 16.6. The number of aliphatic hydroxyl groups is 1. The first-order valence-electron chi connectivity index (χ1n) is 10.1. The van der Waals surface area contributed by atoms with Crippen molar-refractivity contribution in [3.05, 3.63) is 102 Å². The molecule has 0 aromatic heterocycles. The fourth-order valence-corrected chi connectivity index (χ4v) is 4.04. The van der Waals surface area contributed by atoms with Crippen molar-refractivity contribution in [1.29, 1.82) is 0 Å². The SMILES string of the molecule is [B][C@H]1CC(O)[C@@H](COC(c2ccccc2)(c2ccccc2)c2ccc(OC)cc2)O1. The molecule has 1 saturated heterocycles. The van der Waals surface area contributed by atoms with Crippen LogP contribution in [-0.4, -0.2) is 44.9 Å². The van der Waals surface area contributed by atoms with Gasteiger partial charge in [-0.1, -0.05) is 72.8 Å². The van der Waals surface area contributed by atoms with E-state index in [1.54, 1.807) is 7.11 Å². The van der Waals surface area contributed by atoms with Gasteiger partial charge in [0.05, 0.1) is 19.8 Å². The van der Waals surface area contributed by atoms with E-state index in [1.165, 1.54) is 0 Å². The van der Waals surface area contributed by atoms with Crippen LogP contribution in [0.4, 0.5) is 0 Å². The second-order valence-electron chi connectivity index (χ2n) is 7.47. The van der Waals surface area contributed by atoms with Crippen molar-refractivity contribution in [3.63, 3.8) is 0 Å². The van der Waals surface area contributed by atoms with E-state index in [0.29, 0.717) is 6.42 Å². The third-order valence-electron chi connectivity index (χ3n) is 5.57. The lowest BCUT2D eigenvalue weighted by Gasteiger charge is -2.37. The molecule has 3 aromatic rings. The van der Waals surface area contributed by atoms with Crippen LogP contribution in [0.1, 0.15) is 23.1 Å². The second-order valence-corrected chi connectivity index (χ2v) is 7.47. The molecule has 3 atom stereocenters. The van der Waals surface area contributed by atoms with E-state index in [4.69, 9.17) is 22.1 Å². The van der Waals surface area contributed by atoms with Gasteiger partial charge in [0.25, 0.3) is 0 Å². The smallest absolute Gasteiger partial charge is 0.143 e. The molecule has 1 unspecified atom stereocenters. The van der Waals surface area contributed by atoms with Crippen LogP contribution < -0.4 is 4.74 Å².